The molecule has 0 spiro atoms. The Morgan fingerprint density at radius 2 is 2.00 bits per heavy atom. The summed E-state index contributed by atoms with van der Waals surface area (Å²) in [5.41, 5.74) is 0. The summed E-state index contributed by atoms with van der Waals surface area (Å²) in [6.45, 7) is 3.15. The maximum Gasteiger partial charge on any atom is 0.250 e. The molecule has 1 heterocycles. The molecule has 1 atom stereocenters. The van der Waals surface area contributed by atoms with Gasteiger partial charge in [0.2, 0.25) is 0 Å². The standard InChI is InChI=1S/C12H22F2N2/c13-12(14)7-15-11-5-2-6-16(9-11)8-10-3-1-4-10/h10-12,15H,1-9H2. The molecular weight excluding hydrogens is 210 g/mol. The van der Waals surface area contributed by atoms with E-state index in [0.717, 1.165) is 31.8 Å². The van der Waals surface area contributed by atoms with Crippen molar-refractivity contribution in [2.75, 3.05) is 26.2 Å². The lowest BCUT2D eigenvalue weighted by atomic mass is 9.84. The van der Waals surface area contributed by atoms with E-state index in [9.17, 15) is 8.78 Å². The van der Waals surface area contributed by atoms with E-state index < -0.39 is 6.43 Å². The first-order valence-electron chi connectivity index (χ1n) is 6.48. The van der Waals surface area contributed by atoms with Gasteiger partial charge in [0.05, 0.1) is 6.54 Å². The van der Waals surface area contributed by atoms with Crippen LogP contribution in [-0.4, -0.2) is 43.5 Å². The first-order valence-corrected chi connectivity index (χ1v) is 6.48. The average Bonchev–Trinajstić information content (AvgIpc) is 2.21. The molecule has 2 fully saturated rings. The summed E-state index contributed by atoms with van der Waals surface area (Å²) in [7, 11) is 0. The van der Waals surface area contributed by atoms with Gasteiger partial charge in [0.15, 0.2) is 0 Å². The SMILES string of the molecule is FC(F)CNC1CCCN(CC2CCC2)C1. The average molecular weight is 232 g/mol. The molecule has 1 unspecified atom stereocenters. The zero-order valence-electron chi connectivity index (χ0n) is 9.80. The van der Waals surface area contributed by atoms with Crippen LogP contribution in [0.15, 0.2) is 0 Å². The smallest absolute Gasteiger partial charge is 0.250 e. The van der Waals surface area contributed by atoms with E-state index >= 15 is 0 Å². The molecule has 1 aliphatic carbocycles. The summed E-state index contributed by atoms with van der Waals surface area (Å²) >= 11 is 0. The van der Waals surface area contributed by atoms with Crippen LogP contribution in [-0.2, 0) is 0 Å². The molecule has 0 bridgehead atoms. The summed E-state index contributed by atoms with van der Waals surface area (Å²) in [5.74, 6) is 0.883. The predicted molar refractivity (Wildman–Crippen MR) is 60.8 cm³/mol. The van der Waals surface area contributed by atoms with Gasteiger partial charge < -0.3 is 10.2 Å². The molecule has 2 nitrogen and oxygen atoms in total. The number of piperidine rings is 1. The number of hydrogen-bond acceptors (Lipinski definition) is 2. The van der Waals surface area contributed by atoms with Crippen molar-refractivity contribution in [3.63, 3.8) is 0 Å². The minimum absolute atomic E-state index is 0.151. The Bertz CT molecular complexity index is 207. The summed E-state index contributed by atoms with van der Waals surface area (Å²) < 4.78 is 24.2. The molecule has 2 aliphatic rings. The predicted octanol–water partition coefficient (Wildman–Crippen LogP) is 2.11. The highest BCUT2D eigenvalue weighted by atomic mass is 19.3. The van der Waals surface area contributed by atoms with Gasteiger partial charge in [-0.25, -0.2) is 8.78 Å². The Kier molecular flexibility index (Phi) is 4.53. The zero-order valence-corrected chi connectivity index (χ0v) is 9.80. The van der Waals surface area contributed by atoms with E-state index in [4.69, 9.17) is 0 Å². The number of hydrogen-bond donors (Lipinski definition) is 1. The molecular formula is C12H22F2N2. The second kappa shape index (κ2) is 5.92. The van der Waals surface area contributed by atoms with Crippen molar-refractivity contribution in [3.05, 3.63) is 0 Å². The van der Waals surface area contributed by atoms with Gasteiger partial charge in [-0.3, -0.25) is 0 Å². The van der Waals surface area contributed by atoms with E-state index in [-0.39, 0.29) is 12.6 Å². The lowest BCUT2D eigenvalue weighted by molar-refractivity contribution is 0.111. The number of nitrogens with one attached hydrogen (secondary N) is 1. The molecule has 0 aromatic carbocycles. The van der Waals surface area contributed by atoms with Crippen LogP contribution in [0.25, 0.3) is 0 Å². The highest BCUT2D eigenvalue weighted by Gasteiger charge is 2.25. The Morgan fingerprint density at radius 3 is 2.62 bits per heavy atom. The molecule has 0 amide bonds. The minimum atomic E-state index is -2.22. The molecule has 0 aromatic rings. The second-order valence-corrected chi connectivity index (χ2v) is 5.19. The van der Waals surface area contributed by atoms with E-state index in [1.807, 2.05) is 0 Å². The summed E-state index contributed by atoms with van der Waals surface area (Å²) in [5, 5.41) is 2.97. The number of likely N-dealkylation sites (tertiary alicyclic amines) is 1. The zero-order chi connectivity index (χ0) is 11.4. The number of alkyl halides is 2. The van der Waals surface area contributed by atoms with Crippen LogP contribution >= 0.6 is 0 Å². The summed E-state index contributed by atoms with van der Waals surface area (Å²) in [4.78, 5) is 2.45. The van der Waals surface area contributed by atoms with Crippen molar-refractivity contribution in [1.29, 1.82) is 0 Å². The van der Waals surface area contributed by atoms with Crippen molar-refractivity contribution in [2.24, 2.45) is 5.92 Å². The molecule has 1 saturated heterocycles. The van der Waals surface area contributed by atoms with Crippen molar-refractivity contribution in [3.8, 4) is 0 Å². The Morgan fingerprint density at radius 1 is 1.19 bits per heavy atom. The molecule has 0 radical (unpaired) electrons. The van der Waals surface area contributed by atoms with E-state index in [1.165, 1.54) is 25.8 Å². The van der Waals surface area contributed by atoms with E-state index in [2.05, 4.69) is 10.2 Å². The highest BCUT2D eigenvalue weighted by molar-refractivity contribution is 4.81. The third-order valence-corrected chi connectivity index (χ3v) is 3.81. The Labute approximate surface area is 96.4 Å². The van der Waals surface area contributed by atoms with Crippen LogP contribution in [0.3, 0.4) is 0 Å². The molecule has 2 rings (SSSR count). The number of nitrogens with zero attached hydrogens (tertiary/aromatic N) is 1. The van der Waals surface area contributed by atoms with Gasteiger partial charge in [0.25, 0.3) is 6.43 Å². The molecule has 4 heteroatoms. The summed E-state index contributed by atoms with van der Waals surface area (Å²) in [6, 6.07) is 0.280. The van der Waals surface area contributed by atoms with Crippen LogP contribution in [0.4, 0.5) is 8.78 Å². The van der Waals surface area contributed by atoms with E-state index in [0.29, 0.717) is 0 Å². The van der Waals surface area contributed by atoms with Crippen LogP contribution in [0.5, 0.6) is 0 Å². The highest BCUT2D eigenvalue weighted by Crippen LogP contribution is 2.28. The Hall–Kier alpha value is -0.220. The van der Waals surface area contributed by atoms with Crippen LogP contribution in [0.2, 0.25) is 0 Å². The van der Waals surface area contributed by atoms with Gasteiger partial charge >= 0.3 is 0 Å². The lowest BCUT2D eigenvalue weighted by Crippen LogP contribution is -2.48. The first kappa shape index (κ1) is 12.2. The van der Waals surface area contributed by atoms with Gasteiger partial charge in [-0.2, -0.15) is 0 Å². The van der Waals surface area contributed by atoms with Crippen LogP contribution in [0.1, 0.15) is 32.1 Å². The second-order valence-electron chi connectivity index (χ2n) is 5.19. The molecule has 0 aromatic heterocycles. The molecule has 94 valence electrons. The summed E-state index contributed by atoms with van der Waals surface area (Å²) in [6.07, 6.45) is 4.09. The molecule has 16 heavy (non-hydrogen) atoms. The van der Waals surface area contributed by atoms with Crippen molar-refractivity contribution in [1.82, 2.24) is 10.2 Å². The van der Waals surface area contributed by atoms with Gasteiger partial charge in [-0.1, -0.05) is 6.42 Å². The van der Waals surface area contributed by atoms with Gasteiger partial charge in [0, 0.05) is 19.1 Å². The third-order valence-electron chi connectivity index (χ3n) is 3.81. The quantitative estimate of drug-likeness (QED) is 0.781. The van der Waals surface area contributed by atoms with Crippen LogP contribution < -0.4 is 5.32 Å². The maximum atomic E-state index is 12.1. The fraction of sp³-hybridized carbons (Fsp3) is 1.00. The van der Waals surface area contributed by atoms with Gasteiger partial charge in [-0.15, -0.1) is 0 Å². The molecule has 1 aliphatic heterocycles. The van der Waals surface area contributed by atoms with Crippen molar-refractivity contribution >= 4 is 0 Å². The van der Waals surface area contributed by atoms with Gasteiger partial charge in [0.1, 0.15) is 0 Å². The number of halogens is 2. The monoisotopic (exact) mass is 232 g/mol. The third kappa shape index (κ3) is 3.67. The fourth-order valence-electron chi connectivity index (χ4n) is 2.68. The lowest BCUT2D eigenvalue weighted by Gasteiger charge is -2.37. The van der Waals surface area contributed by atoms with Crippen LogP contribution in [0, 0.1) is 5.92 Å². The van der Waals surface area contributed by atoms with Crippen molar-refractivity contribution in [2.45, 2.75) is 44.6 Å². The van der Waals surface area contributed by atoms with Crippen molar-refractivity contribution < 1.29 is 8.78 Å². The minimum Gasteiger partial charge on any atom is -0.307 e. The topological polar surface area (TPSA) is 15.3 Å². The normalized spacial score (nSPS) is 28.3. The first-order chi connectivity index (χ1) is 7.74. The van der Waals surface area contributed by atoms with E-state index in [1.54, 1.807) is 0 Å². The maximum absolute atomic E-state index is 12.1. The van der Waals surface area contributed by atoms with Gasteiger partial charge in [-0.05, 0) is 38.1 Å². The Balaban J connectivity index is 1.66. The molecule has 1 saturated carbocycles. The molecule has 1 N–H and O–H groups in total. The largest absolute Gasteiger partial charge is 0.307 e. The fourth-order valence-corrected chi connectivity index (χ4v) is 2.68. The number of rotatable bonds is 5.